The molecule has 2 N–H and O–H groups in total. The van der Waals surface area contributed by atoms with Crippen LogP contribution in [0.1, 0.15) is 27.9 Å². The van der Waals surface area contributed by atoms with Crippen LogP contribution in [0, 0.1) is 27.7 Å². The summed E-state index contributed by atoms with van der Waals surface area (Å²) in [6, 6.07) is 8.62. The molecule has 0 spiro atoms. The standard InChI is InChI=1S/C18H21N3/c1-11-5-6-15(12(2)9-11)10-20-18-17-16(7-8-19-18)13(3)14(4)21-17/h5-9,21H,10H2,1-4H3,(H,19,20). The Bertz CT molecular complexity index is 800. The van der Waals surface area contributed by atoms with E-state index in [4.69, 9.17) is 0 Å². The van der Waals surface area contributed by atoms with Crippen molar-refractivity contribution < 1.29 is 0 Å². The van der Waals surface area contributed by atoms with Crippen molar-refractivity contribution in [3.05, 3.63) is 58.4 Å². The lowest BCUT2D eigenvalue weighted by molar-refractivity contribution is 1.09. The van der Waals surface area contributed by atoms with E-state index in [1.165, 1.54) is 33.3 Å². The first-order valence-corrected chi connectivity index (χ1v) is 7.30. The summed E-state index contributed by atoms with van der Waals surface area (Å²) in [5.41, 5.74) is 7.51. The van der Waals surface area contributed by atoms with E-state index in [2.05, 4.69) is 67.2 Å². The molecule has 0 radical (unpaired) electrons. The lowest BCUT2D eigenvalue weighted by Crippen LogP contribution is -2.03. The third-order valence-electron chi connectivity index (χ3n) is 4.17. The first kappa shape index (κ1) is 13.7. The Morgan fingerprint density at radius 1 is 1.10 bits per heavy atom. The summed E-state index contributed by atoms with van der Waals surface area (Å²) >= 11 is 0. The van der Waals surface area contributed by atoms with Gasteiger partial charge in [-0.15, -0.1) is 0 Å². The molecule has 3 rings (SSSR count). The number of aromatic nitrogens is 2. The third-order valence-corrected chi connectivity index (χ3v) is 4.17. The van der Waals surface area contributed by atoms with Crippen LogP contribution in [-0.2, 0) is 6.54 Å². The highest BCUT2D eigenvalue weighted by atomic mass is 15.0. The van der Waals surface area contributed by atoms with Crippen molar-refractivity contribution in [3.63, 3.8) is 0 Å². The molecule has 2 heterocycles. The zero-order chi connectivity index (χ0) is 15.0. The number of hydrogen-bond acceptors (Lipinski definition) is 2. The Morgan fingerprint density at radius 2 is 1.90 bits per heavy atom. The number of rotatable bonds is 3. The average Bonchev–Trinajstić information content (AvgIpc) is 2.74. The first-order valence-electron chi connectivity index (χ1n) is 7.30. The number of fused-ring (bicyclic) bond motifs is 1. The van der Waals surface area contributed by atoms with E-state index in [1.807, 2.05) is 6.20 Å². The fraction of sp³-hybridized carbons (Fsp3) is 0.278. The fourth-order valence-corrected chi connectivity index (χ4v) is 2.74. The quantitative estimate of drug-likeness (QED) is 0.745. The lowest BCUT2D eigenvalue weighted by Gasteiger charge is -2.10. The highest BCUT2D eigenvalue weighted by Crippen LogP contribution is 2.26. The number of benzene rings is 1. The topological polar surface area (TPSA) is 40.7 Å². The van der Waals surface area contributed by atoms with Gasteiger partial charge >= 0.3 is 0 Å². The molecule has 3 heteroatoms. The second kappa shape index (κ2) is 5.24. The van der Waals surface area contributed by atoms with Gasteiger partial charge in [0.15, 0.2) is 5.82 Å². The number of H-pyrrole nitrogens is 1. The largest absolute Gasteiger partial charge is 0.364 e. The molecule has 21 heavy (non-hydrogen) atoms. The number of anilines is 1. The van der Waals surface area contributed by atoms with Crippen molar-refractivity contribution in [2.45, 2.75) is 34.2 Å². The van der Waals surface area contributed by atoms with Crippen molar-refractivity contribution in [1.82, 2.24) is 9.97 Å². The molecular formula is C18H21N3. The molecule has 0 saturated heterocycles. The van der Waals surface area contributed by atoms with E-state index >= 15 is 0 Å². The van der Waals surface area contributed by atoms with Gasteiger partial charge in [-0.3, -0.25) is 0 Å². The summed E-state index contributed by atoms with van der Waals surface area (Å²) in [4.78, 5) is 7.91. The Kier molecular flexibility index (Phi) is 3.42. The summed E-state index contributed by atoms with van der Waals surface area (Å²) < 4.78 is 0. The van der Waals surface area contributed by atoms with E-state index in [1.54, 1.807) is 0 Å². The zero-order valence-electron chi connectivity index (χ0n) is 13.0. The summed E-state index contributed by atoms with van der Waals surface area (Å²) in [5, 5.41) is 4.70. The third kappa shape index (κ3) is 2.51. The second-order valence-electron chi connectivity index (χ2n) is 5.74. The summed E-state index contributed by atoms with van der Waals surface area (Å²) in [5.74, 6) is 0.920. The van der Waals surface area contributed by atoms with Crippen molar-refractivity contribution in [3.8, 4) is 0 Å². The minimum atomic E-state index is 0.787. The molecule has 3 nitrogen and oxygen atoms in total. The number of nitrogens with one attached hydrogen (secondary N) is 2. The highest BCUT2D eigenvalue weighted by molar-refractivity contribution is 5.92. The molecule has 0 amide bonds. The monoisotopic (exact) mass is 279 g/mol. The molecule has 3 aromatic rings. The number of pyridine rings is 1. The Labute approximate surface area is 125 Å². The minimum absolute atomic E-state index is 0.787. The normalized spacial score (nSPS) is 11.0. The van der Waals surface area contributed by atoms with Gasteiger partial charge in [-0.1, -0.05) is 23.8 Å². The van der Waals surface area contributed by atoms with Gasteiger partial charge in [-0.25, -0.2) is 4.98 Å². The molecule has 0 aliphatic heterocycles. The predicted octanol–water partition coefficient (Wildman–Crippen LogP) is 4.41. The molecule has 0 bridgehead atoms. The van der Waals surface area contributed by atoms with Gasteiger partial charge < -0.3 is 10.3 Å². The van der Waals surface area contributed by atoms with Crippen LogP contribution in [0.2, 0.25) is 0 Å². The summed E-state index contributed by atoms with van der Waals surface area (Å²) in [6.07, 6.45) is 1.87. The number of hydrogen-bond donors (Lipinski definition) is 2. The number of aromatic amines is 1. The minimum Gasteiger partial charge on any atom is -0.364 e. The molecule has 0 aliphatic carbocycles. The van der Waals surface area contributed by atoms with E-state index < -0.39 is 0 Å². The molecule has 0 fully saturated rings. The maximum absolute atomic E-state index is 4.48. The maximum atomic E-state index is 4.48. The van der Waals surface area contributed by atoms with Gasteiger partial charge in [0.1, 0.15) is 0 Å². The molecule has 0 unspecified atom stereocenters. The maximum Gasteiger partial charge on any atom is 0.150 e. The SMILES string of the molecule is Cc1ccc(CNc2nccc3c(C)c(C)[nH]c23)c(C)c1. The molecule has 2 aromatic heterocycles. The van der Waals surface area contributed by atoms with E-state index in [0.29, 0.717) is 0 Å². The van der Waals surface area contributed by atoms with Crippen molar-refractivity contribution in [2.75, 3.05) is 5.32 Å². The van der Waals surface area contributed by atoms with Crippen molar-refractivity contribution in [2.24, 2.45) is 0 Å². The summed E-state index contributed by atoms with van der Waals surface area (Å²) in [6.45, 7) is 9.30. The number of nitrogens with zero attached hydrogens (tertiary/aromatic N) is 1. The van der Waals surface area contributed by atoms with Crippen LogP contribution in [0.5, 0.6) is 0 Å². The summed E-state index contributed by atoms with van der Waals surface area (Å²) in [7, 11) is 0. The Balaban J connectivity index is 1.90. The predicted molar refractivity (Wildman–Crippen MR) is 88.8 cm³/mol. The average molecular weight is 279 g/mol. The lowest BCUT2D eigenvalue weighted by atomic mass is 10.1. The molecule has 1 aromatic carbocycles. The highest BCUT2D eigenvalue weighted by Gasteiger charge is 2.09. The van der Waals surface area contributed by atoms with E-state index in [0.717, 1.165) is 17.9 Å². The number of aryl methyl sites for hydroxylation is 4. The van der Waals surface area contributed by atoms with Crippen LogP contribution in [-0.4, -0.2) is 9.97 Å². The van der Waals surface area contributed by atoms with Crippen LogP contribution in [0.25, 0.3) is 10.9 Å². The molecule has 0 aliphatic rings. The van der Waals surface area contributed by atoms with Gasteiger partial charge in [0.05, 0.1) is 5.52 Å². The van der Waals surface area contributed by atoms with Crippen LogP contribution in [0.4, 0.5) is 5.82 Å². The van der Waals surface area contributed by atoms with Gasteiger partial charge in [0.2, 0.25) is 0 Å². The Hall–Kier alpha value is -2.29. The van der Waals surface area contributed by atoms with E-state index in [9.17, 15) is 0 Å². The second-order valence-corrected chi connectivity index (χ2v) is 5.74. The smallest absolute Gasteiger partial charge is 0.150 e. The fourth-order valence-electron chi connectivity index (χ4n) is 2.74. The molecular weight excluding hydrogens is 258 g/mol. The van der Waals surface area contributed by atoms with Gasteiger partial charge in [0.25, 0.3) is 0 Å². The van der Waals surface area contributed by atoms with E-state index in [-0.39, 0.29) is 0 Å². The van der Waals surface area contributed by atoms with Crippen molar-refractivity contribution in [1.29, 1.82) is 0 Å². The molecule has 108 valence electrons. The van der Waals surface area contributed by atoms with Crippen LogP contribution >= 0.6 is 0 Å². The van der Waals surface area contributed by atoms with Gasteiger partial charge in [0, 0.05) is 23.8 Å². The van der Waals surface area contributed by atoms with Crippen molar-refractivity contribution >= 4 is 16.7 Å². The molecule has 0 saturated carbocycles. The van der Waals surface area contributed by atoms with Crippen LogP contribution in [0.15, 0.2) is 30.5 Å². The first-order chi connectivity index (χ1) is 10.1. The van der Waals surface area contributed by atoms with Gasteiger partial charge in [-0.2, -0.15) is 0 Å². The zero-order valence-corrected chi connectivity index (χ0v) is 13.0. The van der Waals surface area contributed by atoms with Crippen LogP contribution < -0.4 is 5.32 Å². The van der Waals surface area contributed by atoms with Gasteiger partial charge in [-0.05, 0) is 50.5 Å². The Morgan fingerprint density at radius 3 is 2.67 bits per heavy atom. The van der Waals surface area contributed by atoms with Crippen LogP contribution in [0.3, 0.4) is 0 Å². The molecule has 0 atom stereocenters.